The van der Waals surface area contributed by atoms with Gasteiger partial charge >= 0.3 is 12.1 Å². The van der Waals surface area contributed by atoms with Gasteiger partial charge in [0.15, 0.2) is 5.69 Å². The Morgan fingerprint density at radius 2 is 1.70 bits per heavy atom. The number of hydrogen-bond acceptors (Lipinski definition) is 5. The van der Waals surface area contributed by atoms with Crippen molar-refractivity contribution in [3.8, 4) is 22.6 Å². The van der Waals surface area contributed by atoms with E-state index in [2.05, 4.69) is 15.2 Å². The average Bonchev–Trinajstić information content (AvgIpc) is 3.59. The third kappa shape index (κ3) is 5.24. The van der Waals surface area contributed by atoms with Gasteiger partial charge in [0.05, 0.1) is 27.7 Å². The summed E-state index contributed by atoms with van der Waals surface area (Å²) < 4.78 is 48.4. The minimum Gasteiger partial charge on any atom is -0.457 e. The Morgan fingerprint density at radius 1 is 0.973 bits per heavy atom. The van der Waals surface area contributed by atoms with Crippen molar-refractivity contribution < 1.29 is 22.7 Å². The van der Waals surface area contributed by atoms with Crippen molar-refractivity contribution in [3.63, 3.8) is 0 Å². The fourth-order valence-corrected chi connectivity index (χ4v) is 3.84. The van der Waals surface area contributed by atoms with Crippen molar-refractivity contribution in [2.75, 3.05) is 0 Å². The number of carbonyl (C=O) groups excluding carboxylic acids is 1. The molecule has 5 aromatic rings. The maximum absolute atomic E-state index is 13.4. The monoisotopic (exact) mass is 523 g/mol. The second-order valence-corrected chi connectivity index (χ2v) is 8.34. The first kappa shape index (κ1) is 24.3. The van der Waals surface area contributed by atoms with Gasteiger partial charge in [0.25, 0.3) is 0 Å². The molecule has 3 aromatic carbocycles. The van der Waals surface area contributed by atoms with E-state index in [0.29, 0.717) is 11.3 Å². The first-order chi connectivity index (χ1) is 17.8. The smallest absolute Gasteiger partial charge is 0.435 e. The van der Waals surface area contributed by atoms with Gasteiger partial charge in [0, 0.05) is 5.56 Å². The molecule has 7 nitrogen and oxygen atoms in total. The normalized spacial score (nSPS) is 11.5. The van der Waals surface area contributed by atoms with Crippen LogP contribution in [0, 0.1) is 0 Å². The molecule has 0 aliphatic rings. The van der Waals surface area contributed by atoms with Crippen LogP contribution in [0.1, 0.15) is 21.6 Å². The molecule has 0 spiro atoms. The highest BCUT2D eigenvalue weighted by Crippen LogP contribution is 2.34. The van der Waals surface area contributed by atoms with E-state index in [1.165, 1.54) is 30.6 Å². The highest BCUT2D eigenvalue weighted by atomic mass is 35.5. The van der Waals surface area contributed by atoms with E-state index in [-0.39, 0.29) is 22.9 Å². The molecule has 0 amide bonds. The molecule has 5 rings (SSSR count). The summed E-state index contributed by atoms with van der Waals surface area (Å²) in [6.07, 6.45) is -1.64. The van der Waals surface area contributed by atoms with Gasteiger partial charge in [0.1, 0.15) is 19.3 Å². The van der Waals surface area contributed by atoms with Gasteiger partial charge in [-0.15, -0.1) is 0 Å². The number of esters is 1. The van der Waals surface area contributed by atoms with Crippen LogP contribution in [0.4, 0.5) is 13.2 Å². The third-order valence-corrected chi connectivity index (χ3v) is 5.81. The molecule has 0 atom stereocenters. The molecule has 0 fully saturated rings. The summed E-state index contributed by atoms with van der Waals surface area (Å²) in [5.41, 5.74) is 1.68. The van der Waals surface area contributed by atoms with Gasteiger partial charge in [-0.25, -0.2) is 19.1 Å². The molecule has 0 bridgehead atoms. The molecule has 0 aliphatic carbocycles. The molecule has 0 saturated heterocycles. The number of para-hydroxylation sites is 1. The lowest BCUT2D eigenvalue weighted by Crippen LogP contribution is -2.07. The zero-order valence-corrected chi connectivity index (χ0v) is 19.7. The van der Waals surface area contributed by atoms with E-state index in [1.807, 2.05) is 24.3 Å². The highest BCUT2D eigenvalue weighted by molar-refractivity contribution is 6.32. The van der Waals surface area contributed by atoms with E-state index in [1.54, 1.807) is 35.3 Å². The van der Waals surface area contributed by atoms with Crippen LogP contribution in [0.2, 0.25) is 5.02 Å². The zero-order chi connectivity index (χ0) is 26.0. The van der Waals surface area contributed by atoms with Crippen LogP contribution in [-0.2, 0) is 17.5 Å². The molecule has 186 valence electrons. The SMILES string of the molecule is O=C(OCc1ccc(-n2cncn2)cc1)c1ccc(-c2cc(C(F)(F)F)nn2-c2ccccc2Cl)cc1. The van der Waals surface area contributed by atoms with Crippen LogP contribution >= 0.6 is 11.6 Å². The number of rotatable bonds is 6. The summed E-state index contributed by atoms with van der Waals surface area (Å²) in [5, 5.41) is 8.04. The van der Waals surface area contributed by atoms with Crippen molar-refractivity contribution in [3.05, 3.63) is 113 Å². The summed E-state index contributed by atoms with van der Waals surface area (Å²) in [7, 11) is 0. The molecule has 2 heterocycles. The van der Waals surface area contributed by atoms with Gasteiger partial charge < -0.3 is 4.74 Å². The first-order valence-electron chi connectivity index (χ1n) is 10.9. The fraction of sp³-hybridized carbons (Fsp3) is 0.0769. The summed E-state index contributed by atoms with van der Waals surface area (Å²) in [6.45, 7) is 0.0481. The van der Waals surface area contributed by atoms with E-state index in [4.69, 9.17) is 16.3 Å². The van der Waals surface area contributed by atoms with Crippen LogP contribution in [0.25, 0.3) is 22.6 Å². The molecule has 2 aromatic heterocycles. The summed E-state index contributed by atoms with van der Waals surface area (Å²) in [4.78, 5) is 16.5. The maximum Gasteiger partial charge on any atom is 0.435 e. The lowest BCUT2D eigenvalue weighted by molar-refractivity contribution is -0.141. The number of carbonyl (C=O) groups is 1. The van der Waals surface area contributed by atoms with Crippen molar-refractivity contribution in [2.24, 2.45) is 0 Å². The summed E-state index contributed by atoms with van der Waals surface area (Å²) >= 11 is 6.22. The second-order valence-electron chi connectivity index (χ2n) is 7.94. The Hall–Kier alpha value is -4.44. The van der Waals surface area contributed by atoms with Crippen LogP contribution < -0.4 is 0 Å². The van der Waals surface area contributed by atoms with E-state index in [0.717, 1.165) is 22.0 Å². The Morgan fingerprint density at radius 3 is 2.35 bits per heavy atom. The average molecular weight is 524 g/mol. The van der Waals surface area contributed by atoms with Gasteiger partial charge in [-0.2, -0.15) is 23.4 Å². The van der Waals surface area contributed by atoms with Crippen molar-refractivity contribution in [1.29, 1.82) is 0 Å². The van der Waals surface area contributed by atoms with Crippen LogP contribution in [0.5, 0.6) is 0 Å². The van der Waals surface area contributed by atoms with Gasteiger partial charge in [-0.05, 0) is 48.0 Å². The van der Waals surface area contributed by atoms with Crippen molar-refractivity contribution >= 4 is 17.6 Å². The Labute approximate surface area is 213 Å². The topological polar surface area (TPSA) is 74.8 Å². The standard InChI is InChI=1S/C26H17ClF3N5O2/c27-21-3-1-2-4-22(21)35-23(13-24(33-35)26(28,29)30)18-7-9-19(10-8-18)25(36)37-14-17-5-11-20(12-6-17)34-16-31-15-32-34/h1-13,15-16H,14H2. The van der Waals surface area contributed by atoms with Crippen molar-refractivity contribution in [1.82, 2.24) is 24.5 Å². The summed E-state index contributed by atoms with van der Waals surface area (Å²) in [6, 6.07) is 20.7. The predicted molar refractivity (Wildman–Crippen MR) is 129 cm³/mol. The van der Waals surface area contributed by atoms with Gasteiger partial charge in [-0.3, -0.25) is 0 Å². The quantitative estimate of drug-likeness (QED) is 0.250. The molecule has 11 heteroatoms. The number of halogens is 4. The number of hydrogen-bond donors (Lipinski definition) is 0. The van der Waals surface area contributed by atoms with Gasteiger partial charge in [-0.1, -0.05) is 48.0 Å². The largest absolute Gasteiger partial charge is 0.457 e. The molecule has 0 unspecified atom stereocenters. The summed E-state index contributed by atoms with van der Waals surface area (Å²) in [5.74, 6) is -0.567. The Bertz CT molecular complexity index is 1530. The van der Waals surface area contributed by atoms with E-state index in [9.17, 15) is 18.0 Å². The minimum absolute atomic E-state index is 0.0481. The first-order valence-corrected chi connectivity index (χ1v) is 11.3. The van der Waals surface area contributed by atoms with Crippen LogP contribution in [-0.4, -0.2) is 30.5 Å². The third-order valence-electron chi connectivity index (χ3n) is 5.49. The number of nitrogens with zero attached hydrogens (tertiary/aromatic N) is 5. The number of aromatic nitrogens is 5. The van der Waals surface area contributed by atoms with Crippen LogP contribution in [0.3, 0.4) is 0 Å². The Kier molecular flexibility index (Phi) is 6.49. The number of ether oxygens (including phenoxy) is 1. The molecular weight excluding hydrogens is 507 g/mol. The van der Waals surface area contributed by atoms with E-state index >= 15 is 0 Å². The highest BCUT2D eigenvalue weighted by Gasteiger charge is 2.35. The predicted octanol–water partition coefficient (Wildman–Crippen LogP) is 6.15. The van der Waals surface area contributed by atoms with Gasteiger partial charge in [0.2, 0.25) is 0 Å². The van der Waals surface area contributed by atoms with E-state index < -0.39 is 17.8 Å². The van der Waals surface area contributed by atoms with Crippen molar-refractivity contribution in [2.45, 2.75) is 12.8 Å². The maximum atomic E-state index is 13.4. The zero-order valence-electron chi connectivity index (χ0n) is 18.9. The molecule has 0 saturated carbocycles. The molecular formula is C26H17ClF3N5O2. The number of alkyl halides is 3. The minimum atomic E-state index is -4.64. The molecule has 37 heavy (non-hydrogen) atoms. The lowest BCUT2D eigenvalue weighted by Gasteiger charge is -2.10. The lowest BCUT2D eigenvalue weighted by atomic mass is 10.1. The fourth-order valence-electron chi connectivity index (χ4n) is 3.63. The molecule has 0 aliphatic heterocycles. The van der Waals surface area contributed by atoms with Crippen LogP contribution in [0.15, 0.2) is 91.5 Å². The second kappa shape index (κ2) is 9.90. The molecule has 0 radical (unpaired) electrons. The Balaban J connectivity index is 1.33. The number of benzene rings is 3. The molecule has 0 N–H and O–H groups in total.